The van der Waals surface area contributed by atoms with E-state index >= 15 is 0 Å². The molecule has 94 valence electrons. The van der Waals surface area contributed by atoms with Crippen LogP contribution in [-0.2, 0) is 6.42 Å². The highest BCUT2D eigenvalue weighted by atomic mass is 16.5. The van der Waals surface area contributed by atoms with E-state index in [0.29, 0.717) is 0 Å². The summed E-state index contributed by atoms with van der Waals surface area (Å²) in [5, 5.41) is 9.19. The van der Waals surface area contributed by atoms with E-state index in [1.54, 1.807) is 14.2 Å². The SMILES string of the molecule is COc1ccc(CCN2CC(O)C2)cc1OC. The number of β-amino-alcohol motifs (C(OH)–C–C–N with tert-alkyl or cyclic N) is 1. The number of nitrogens with zero attached hydrogens (tertiary/aromatic N) is 1. The van der Waals surface area contributed by atoms with Crippen LogP contribution >= 0.6 is 0 Å². The van der Waals surface area contributed by atoms with Crippen LogP contribution in [-0.4, -0.2) is 50.0 Å². The second-order valence-corrected chi connectivity index (χ2v) is 4.35. The molecule has 1 aliphatic heterocycles. The van der Waals surface area contributed by atoms with Crippen molar-refractivity contribution in [1.29, 1.82) is 0 Å². The fourth-order valence-corrected chi connectivity index (χ4v) is 2.05. The molecule has 1 saturated heterocycles. The van der Waals surface area contributed by atoms with Gasteiger partial charge >= 0.3 is 0 Å². The number of aliphatic hydroxyl groups excluding tert-OH is 1. The minimum atomic E-state index is -0.125. The van der Waals surface area contributed by atoms with Crippen molar-refractivity contribution in [3.8, 4) is 11.5 Å². The second kappa shape index (κ2) is 5.38. The zero-order valence-corrected chi connectivity index (χ0v) is 10.3. The third-order valence-corrected chi connectivity index (χ3v) is 3.10. The normalized spacial score (nSPS) is 16.6. The van der Waals surface area contributed by atoms with Gasteiger partial charge < -0.3 is 14.6 Å². The van der Waals surface area contributed by atoms with Gasteiger partial charge in [-0.25, -0.2) is 0 Å². The molecule has 2 rings (SSSR count). The summed E-state index contributed by atoms with van der Waals surface area (Å²) in [5.74, 6) is 1.53. The van der Waals surface area contributed by atoms with E-state index in [1.165, 1.54) is 5.56 Å². The lowest BCUT2D eigenvalue weighted by atomic mass is 10.1. The predicted octanol–water partition coefficient (Wildman–Crippen LogP) is 0.923. The Balaban J connectivity index is 1.92. The van der Waals surface area contributed by atoms with Crippen LogP contribution < -0.4 is 9.47 Å². The Morgan fingerprint density at radius 3 is 2.53 bits per heavy atom. The Bertz CT molecular complexity index is 375. The summed E-state index contributed by atoms with van der Waals surface area (Å²) in [6.45, 7) is 2.58. The Morgan fingerprint density at radius 2 is 1.94 bits per heavy atom. The van der Waals surface area contributed by atoms with Gasteiger partial charge in [0.25, 0.3) is 0 Å². The molecule has 17 heavy (non-hydrogen) atoms. The van der Waals surface area contributed by atoms with Gasteiger partial charge in [-0.2, -0.15) is 0 Å². The molecule has 0 atom stereocenters. The number of ether oxygens (including phenoxy) is 2. The van der Waals surface area contributed by atoms with Crippen molar-refractivity contribution < 1.29 is 14.6 Å². The Morgan fingerprint density at radius 1 is 1.24 bits per heavy atom. The van der Waals surface area contributed by atoms with Gasteiger partial charge in [0.05, 0.1) is 20.3 Å². The number of hydrogen-bond donors (Lipinski definition) is 1. The van der Waals surface area contributed by atoms with E-state index in [0.717, 1.165) is 37.6 Å². The zero-order chi connectivity index (χ0) is 12.3. The van der Waals surface area contributed by atoms with Gasteiger partial charge in [0.1, 0.15) is 0 Å². The lowest BCUT2D eigenvalue weighted by Gasteiger charge is -2.35. The van der Waals surface area contributed by atoms with E-state index in [4.69, 9.17) is 9.47 Å². The third kappa shape index (κ3) is 2.90. The first-order valence-corrected chi connectivity index (χ1v) is 5.84. The standard InChI is InChI=1S/C13H19NO3/c1-16-12-4-3-10(7-13(12)17-2)5-6-14-8-11(15)9-14/h3-4,7,11,15H,5-6,8-9H2,1-2H3. The molecule has 1 aromatic rings. The number of aliphatic hydroxyl groups is 1. The summed E-state index contributed by atoms with van der Waals surface area (Å²) in [5.41, 5.74) is 1.23. The molecule has 0 unspecified atom stereocenters. The largest absolute Gasteiger partial charge is 0.493 e. The van der Waals surface area contributed by atoms with Crippen molar-refractivity contribution in [2.24, 2.45) is 0 Å². The van der Waals surface area contributed by atoms with Crippen LogP contribution in [0.3, 0.4) is 0 Å². The first-order valence-electron chi connectivity index (χ1n) is 5.84. The average Bonchev–Trinajstić information content (AvgIpc) is 2.32. The summed E-state index contributed by atoms with van der Waals surface area (Å²) in [7, 11) is 3.28. The maximum atomic E-state index is 9.19. The third-order valence-electron chi connectivity index (χ3n) is 3.10. The minimum absolute atomic E-state index is 0.125. The van der Waals surface area contributed by atoms with Crippen LogP contribution in [0.5, 0.6) is 11.5 Å². The number of hydrogen-bond acceptors (Lipinski definition) is 4. The Hall–Kier alpha value is -1.26. The Labute approximate surface area is 102 Å². The topological polar surface area (TPSA) is 41.9 Å². The summed E-state index contributed by atoms with van der Waals surface area (Å²) < 4.78 is 10.5. The van der Waals surface area contributed by atoms with Gasteiger partial charge in [-0.05, 0) is 24.1 Å². The molecule has 0 aliphatic carbocycles. The number of rotatable bonds is 5. The highest BCUT2D eigenvalue weighted by Crippen LogP contribution is 2.27. The van der Waals surface area contributed by atoms with Gasteiger partial charge in [0, 0.05) is 19.6 Å². The number of methoxy groups -OCH3 is 2. The molecule has 0 saturated carbocycles. The molecular weight excluding hydrogens is 218 g/mol. The van der Waals surface area contributed by atoms with Crippen LogP contribution in [0.15, 0.2) is 18.2 Å². The molecule has 1 fully saturated rings. The van der Waals surface area contributed by atoms with E-state index in [9.17, 15) is 5.11 Å². The van der Waals surface area contributed by atoms with Gasteiger partial charge in [0.2, 0.25) is 0 Å². The molecule has 4 heteroatoms. The van der Waals surface area contributed by atoms with Crippen molar-refractivity contribution >= 4 is 0 Å². The maximum absolute atomic E-state index is 9.19. The second-order valence-electron chi connectivity index (χ2n) is 4.35. The lowest BCUT2D eigenvalue weighted by molar-refractivity contribution is 0.00310. The molecule has 0 aromatic heterocycles. The molecule has 4 nitrogen and oxygen atoms in total. The van der Waals surface area contributed by atoms with Crippen molar-refractivity contribution in [3.05, 3.63) is 23.8 Å². The summed E-state index contributed by atoms with van der Waals surface area (Å²) in [6.07, 6.45) is 0.841. The van der Waals surface area contributed by atoms with Gasteiger partial charge in [-0.15, -0.1) is 0 Å². The summed E-state index contributed by atoms with van der Waals surface area (Å²) in [4.78, 5) is 2.24. The van der Waals surface area contributed by atoms with Gasteiger partial charge in [0.15, 0.2) is 11.5 Å². The zero-order valence-electron chi connectivity index (χ0n) is 10.3. The fraction of sp³-hybridized carbons (Fsp3) is 0.538. The molecule has 0 amide bonds. The van der Waals surface area contributed by atoms with Crippen LogP contribution in [0.1, 0.15) is 5.56 Å². The molecule has 0 radical (unpaired) electrons. The highest BCUT2D eigenvalue weighted by Gasteiger charge is 2.23. The lowest BCUT2D eigenvalue weighted by Crippen LogP contribution is -2.51. The molecule has 0 spiro atoms. The smallest absolute Gasteiger partial charge is 0.160 e. The average molecular weight is 237 g/mol. The van der Waals surface area contributed by atoms with E-state index in [1.807, 2.05) is 12.1 Å². The molecule has 1 aromatic carbocycles. The van der Waals surface area contributed by atoms with Crippen LogP contribution in [0.25, 0.3) is 0 Å². The van der Waals surface area contributed by atoms with E-state index in [-0.39, 0.29) is 6.10 Å². The summed E-state index contributed by atoms with van der Waals surface area (Å²) >= 11 is 0. The van der Waals surface area contributed by atoms with Crippen molar-refractivity contribution in [2.45, 2.75) is 12.5 Å². The minimum Gasteiger partial charge on any atom is -0.493 e. The highest BCUT2D eigenvalue weighted by molar-refractivity contribution is 5.42. The van der Waals surface area contributed by atoms with Crippen molar-refractivity contribution in [2.75, 3.05) is 33.9 Å². The van der Waals surface area contributed by atoms with Crippen LogP contribution in [0.4, 0.5) is 0 Å². The van der Waals surface area contributed by atoms with Crippen molar-refractivity contribution in [3.63, 3.8) is 0 Å². The van der Waals surface area contributed by atoms with E-state index in [2.05, 4.69) is 11.0 Å². The Kier molecular flexibility index (Phi) is 3.86. The maximum Gasteiger partial charge on any atom is 0.160 e. The summed E-state index contributed by atoms with van der Waals surface area (Å²) in [6, 6.07) is 5.99. The van der Waals surface area contributed by atoms with Crippen LogP contribution in [0.2, 0.25) is 0 Å². The monoisotopic (exact) mass is 237 g/mol. The van der Waals surface area contributed by atoms with Gasteiger partial charge in [-0.3, -0.25) is 4.90 Å². The fourth-order valence-electron chi connectivity index (χ4n) is 2.05. The molecule has 1 aliphatic rings. The van der Waals surface area contributed by atoms with E-state index < -0.39 is 0 Å². The molecule has 1 N–H and O–H groups in total. The van der Waals surface area contributed by atoms with Crippen molar-refractivity contribution in [1.82, 2.24) is 4.90 Å². The molecular formula is C13H19NO3. The first kappa shape index (κ1) is 12.2. The predicted molar refractivity (Wildman–Crippen MR) is 65.7 cm³/mol. The molecule has 1 heterocycles. The molecule has 0 bridgehead atoms. The number of likely N-dealkylation sites (tertiary alicyclic amines) is 1. The first-order chi connectivity index (χ1) is 8.22. The number of benzene rings is 1. The quantitative estimate of drug-likeness (QED) is 0.827. The van der Waals surface area contributed by atoms with Gasteiger partial charge in [-0.1, -0.05) is 6.07 Å². The van der Waals surface area contributed by atoms with Crippen LogP contribution in [0, 0.1) is 0 Å².